The summed E-state index contributed by atoms with van der Waals surface area (Å²) >= 11 is 0. The van der Waals surface area contributed by atoms with E-state index in [2.05, 4.69) is 55.1 Å². The van der Waals surface area contributed by atoms with Gasteiger partial charge in [-0.15, -0.1) is 0 Å². The molecule has 0 atom stereocenters. The third-order valence-electron chi connectivity index (χ3n) is 7.11. The number of hydrogen-bond acceptors (Lipinski definition) is 8. The zero-order valence-electron chi connectivity index (χ0n) is 23.2. The minimum Gasteiger partial charge on any atom is -0.462 e. The van der Waals surface area contributed by atoms with Crippen molar-refractivity contribution in [3.63, 3.8) is 0 Å². The lowest BCUT2D eigenvalue weighted by molar-refractivity contribution is 0.0317. The maximum atomic E-state index is 6.08. The normalized spacial score (nSPS) is 17.0. The van der Waals surface area contributed by atoms with Crippen molar-refractivity contribution in [1.82, 2.24) is 14.9 Å². The number of unbranched alkanes of at least 4 members (excludes halogenated alkanes) is 1. The van der Waals surface area contributed by atoms with Crippen LogP contribution >= 0.6 is 0 Å². The number of fused-ring (bicyclic) bond motifs is 1. The van der Waals surface area contributed by atoms with Crippen LogP contribution in [0.3, 0.4) is 0 Å². The number of rotatable bonds is 12. The van der Waals surface area contributed by atoms with Crippen LogP contribution in [0.15, 0.2) is 23.3 Å². The number of ether oxygens (including phenoxy) is 2. The van der Waals surface area contributed by atoms with Crippen molar-refractivity contribution >= 4 is 17.3 Å². The summed E-state index contributed by atoms with van der Waals surface area (Å²) < 4.78 is 11.5. The van der Waals surface area contributed by atoms with Crippen molar-refractivity contribution in [2.75, 3.05) is 62.9 Å². The number of morpholine rings is 1. The van der Waals surface area contributed by atoms with Gasteiger partial charge in [0.2, 0.25) is 0 Å². The molecule has 0 radical (unpaired) electrons. The van der Waals surface area contributed by atoms with Crippen molar-refractivity contribution in [3.8, 4) is 6.01 Å². The highest BCUT2D eigenvalue weighted by Gasteiger charge is 2.19. The third kappa shape index (κ3) is 7.65. The van der Waals surface area contributed by atoms with E-state index in [1.807, 2.05) is 6.07 Å². The first kappa shape index (κ1) is 27.3. The molecular weight excluding hydrogens is 464 g/mol. The van der Waals surface area contributed by atoms with Crippen LogP contribution in [0, 0.1) is 13.8 Å². The Hall–Kier alpha value is -2.71. The van der Waals surface area contributed by atoms with Gasteiger partial charge in [0.1, 0.15) is 12.4 Å². The summed E-state index contributed by atoms with van der Waals surface area (Å²) in [5.41, 5.74) is 9.68. The maximum absolute atomic E-state index is 6.08. The van der Waals surface area contributed by atoms with Crippen LogP contribution in [-0.4, -0.2) is 73.1 Å². The molecule has 0 amide bonds. The van der Waals surface area contributed by atoms with Crippen molar-refractivity contribution in [3.05, 3.63) is 40.5 Å². The minimum atomic E-state index is 0.404. The Balaban J connectivity index is 1.55. The number of nitrogens with zero attached hydrogens (tertiary/aromatic N) is 5. The topological polar surface area (TPSA) is 75.1 Å². The fourth-order valence-corrected chi connectivity index (χ4v) is 5.14. The molecule has 0 saturated carbocycles. The Morgan fingerprint density at radius 2 is 1.89 bits per heavy atom. The van der Waals surface area contributed by atoms with Crippen LogP contribution in [-0.2, 0) is 11.2 Å². The van der Waals surface area contributed by atoms with E-state index in [4.69, 9.17) is 24.5 Å². The molecular formula is C29H44N6O2. The van der Waals surface area contributed by atoms with E-state index in [0.29, 0.717) is 18.4 Å². The number of benzene rings is 1. The molecule has 0 bridgehead atoms. The van der Waals surface area contributed by atoms with Crippen LogP contribution in [0.4, 0.5) is 11.6 Å². The SMILES string of the molecule is CCCCN(CCC)c1cc(N/N=C2\CCCc3c(C)cc(C)cc32)nc(OCCN2CCOCC2)n1. The Morgan fingerprint density at radius 3 is 2.68 bits per heavy atom. The number of nitrogens with one attached hydrogen (secondary N) is 1. The maximum Gasteiger partial charge on any atom is 0.320 e. The highest BCUT2D eigenvalue weighted by Crippen LogP contribution is 2.27. The molecule has 0 spiro atoms. The Morgan fingerprint density at radius 1 is 1.05 bits per heavy atom. The summed E-state index contributed by atoms with van der Waals surface area (Å²) in [7, 11) is 0. The van der Waals surface area contributed by atoms with Gasteiger partial charge in [0.25, 0.3) is 0 Å². The van der Waals surface area contributed by atoms with E-state index in [1.165, 1.54) is 22.3 Å². The fourth-order valence-electron chi connectivity index (χ4n) is 5.14. The van der Waals surface area contributed by atoms with Gasteiger partial charge in [0.05, 0.1) is 18.9 Å². The summed E-state index contributed by atoms with van der Waals surface area (Å²) in [6.45, 7) is 15.5. The molecule has 37 heavy (non-hydrogen) atoms. The number of aromatic nitrogens is 2. The molecule has 1 aromatic carbocycles. The first-order chi connectivity index (χ1) is 18.1. The molecule has 1 N–H and O–H groups in total. The van der Waals surface area contributed by atoms with Gasteiger partial charge in [-0.1, -0.05) is 31.9 Å². The van der Waals surface area contributed by atoms with Gasteiger partial charge in [-0.05, 0) is 63.1 Å². The molecule has 1 aliphatic carbocycles. The number of aryl methyl sites for hydroxylation is 2. The average Bonchev–Trinajstić information content (AvgIpc) is 2.90. The molecule has 0 unspecified atom stereocenters. The van der Waals surface area contributed by atoms with Crippen molar-refractivity contribution in [1.29, 1.82) is 0 Å². The highest BCUT2D eigenvalue weighted by molar-refractivity contribution is 6.03. The summed E-state index contributed by atoms with van der Waals surface area (Å²) in [6.07, 6.45) is 6.51. The van der Waals surface area contributed by atoms with Gasteiger partial charge in [-0.3, -0.25) is 10.3 Å². The molecule has 1 saturated heterocycles. The molecule has 1 aromatic heterocycles. The molecule has 8 heteroatoms. The van der Waals surface area contributed by atoms with Gasteiger partial charge in [-0.25, -0.2) is 0 Å². The van der Waals surface area contributed by atoms with Gasteiger partial charge in [0, 0.05) is 44.4 Å². The van der Waals surface area contributed by atoms with Crippen LogP contribution < -0.4 is 15.1 Å². The Labute approximate surface area is 222 Å². The van der Waals surface area contributed by atoms with Crippen LogP contribution in [0.5, 0.6) is 6.01 Å². The van der Waals surface area contributed by atoms with Gasteiger partial charge in [0.15, 0.2) is 5.82 Å². The lowest BCUT2D eigenvalue weighted by Gasteiger charge is -2.26. The molecule has 2 aromatic rings. The highest BCUT2D eigenvalue weighted by atomic mass is 16.5. The van der Waals surface area contributed by atoms with Gasteiger partial charge >= 0.3 is 6.01 Å². The summed E-state index contributed by atoms with van der Waals surface area (Å²) in [5, 5.41) is 4.86. The van der Waals surface area contributed by atoms with Crippen LogP contribution in [0.25, 0.3) is 0 Å². The quantitative estimate of drug-likeness (QED) is 0.406. The fraction of sp³-hybridized carbons (Fsp3) is 0.621. The van der Waals surface area contributed by atoms with E-state index in [-0.39, 0.29) is 0 Å². The van der Waals surface area contributed by atoms with E-state index in [9.17, 15) is 0 Å². The zero-order valence-corrected chi connectivity index (χ0v) is 23.2. The average molecular weight is 509 g/mol. The Kier molecular flexibility index (Phi) is 10.1. The Bertz CT molecular complexity index is 1050. The van der Waals surface area contributed by atoms with E-state index in [1.54, 1.807) is 0 Å². The molecule has 2 aliphatic rings. The largest absolute Gasteiger partial charge is 0.462 e. The zero-order chi connectivity index (χ0) is 26.0. The molecule has 1 aliphatic heterocycles. The second kappa shape index (κ2) is 13.7. The molecule has 2 heterocycles. The van der Waals surface area contributed by atoms with Gasteiger partial charge in [-0.2, -0.15) is 15.1 Å². The number of hydrazone groups is 1. The second-order valence-electron chi connectivity index (χ2n) is 10.2. The van der Waals surface area contributed by atoms with E-state index in [0.717, 1.165) is 96.0 Å². The van der Waals surface area contributed by atoms with Crippen LogP contribution in [0.1, 0.15) is 68.2 Å². The third-order valence-corrected chi connectivity index (χ3v) is 7.11. The van der Waals surface area contributed by atoms with Gasteiger partial charge < -0.3 is 14.4 Å². The first-order valence-corrected chi connectivity index (χ1v) is 14.1. The molecule has 8 nitrogen and oxygen atoms in total. The number of hydrogen-bond donors (Lipinski definition) is 1. The standard InChI is InChI=1S/C29H44N6O2/c1-5-7-12-35(11-6-2)28-21-27(30-29(31-28)37-18-15-34-13-16-36-17-14-34)33-32-26-10-8-9-24-23(4)19-22(3)20-25(24)26/h19-21H,5-18H2,1-4H3,(H,30,31,33)/b32-26+. The summed E-state index contributed by atoms with van der Waals surface area (Å²) in [4.78, 5) is 14.2. The number of anilines is 2. The smallest absolute Gasteiger partial charge is 0.320 e. The lowest BCUT2D eigenvalue weighted by Crippen LogP contribution is -2.38. The molecule has 1 fully saturated rings. The predicted molar refractivity (Wildman–Crippen MR) is 151 cm³/mol. The van der Waals surface area contributed by atoms with Crippen molar-refractivity contribution in [2.45, 2.75) is 66.2 Å². The summed E-state index contributed by atoms with van der Waals surface area (Å²) in [6, 6.07) is 6.95. The van der Waals surface area contributed by atoms with E-state index < -0.39 is 0 Å². The van der Waals surface area contributed by atoms with E-state index >= 15 is 0 Å². The molecule has 202 valence electrons. The van der Waals surface area contributed by atoms with Crippen molar-refractivity contribution in [2.24, 2.45) is 5.10 Å². The minimum absolute atomic E-state index is 0.404. The first-order valence-electron chi connectivity index (χ1n) is 14.1. The lowest BCUT2D eigenvalue weighted by atomic mass is 9.86. The van der Waals surface area contributed by atoms with Crippen molar-refractivity contribution < 1.29 is 9.47 Å². The molecule has 4 rings (SSSR count). The predicted octanol–water partition coefficient (Wildman–Crippen LogP) is 4.97. The monoisotopic (exact) mass is 508 g/mol. The second-order valence-corrected chi connectivity index (χ2v) is 10.2. The summed E-state index contributed by atoms with van der Waals surface area (Å²) in [5.74, 6) is 1.57. The van der Waals surface area contributed by atoms with Crippen LogP contribution in [0.2, 0.25) is 0 Å².